The lowest BCUT2D eigenvalue weighted by atomic mass is 10.1. The van der Waals surface area contributed by atoms with E-state index in [-0.39, 0.29) is 34.9 Å². The first kappa shape index (κ1) is 22.6. The normalized spacial score (nSPS) is 18.7. The molecule has 5 rings (SSSR count). The smallest absolute Gasteiger partial charge is 0.252 e. The van der Waals surface area contributed by atoms with E-state index in [1.54, 1.807) is 23.2 Å². The van der Waals surface area contributed by atoms with E-state index < -0.39 is 35.5 Å². The van der Waals surface area contributed by atoms with Crippen molar-refractivity contribution in [2.45, 2.75) is 31.8 Å². The van der Waals surface area contributed by atoms with E-state index >= 15 is 0 Å². The van der Waals surface area contributed by atoms with Gasteiger partial charge in [-0.1, -0.05) is 0 Å². The number of benzene rings is 1. The quantitative estimate of drug-likeness (QED) is 0.441. The minimum Gasteiger partial charge on any atom is -0.380 e. The summed E-state index contributed by atoms with van der Waals surface area (Å²) in [6, 6.07) is 6.65. The third-order valence-electron chi connectivity index (χ3n) is 6.40. The topological polar surface area (TPSA) is 113 Å². The molecule has 2 aliphatic rings. The Balaban J connectivity index is 1.34. The van der Waals surface area contributed by atoms with Crippen LogP contribution in [0.4, 0.5) is 36.2 Å². The van der Waals surface area contributed by atoms with Crippen LogP contribution in [0, 0.1) is 23.4 Å². The highest BCUT2D eigenvalue weighted by Gasteiger charge is 2.45. The van der Waals surface area contributed by atoms with Crippen LogP contribution in [0.2, 0.25) is 0 Å². The lowest BCUT2D eigenvalue weighted by Gasteiger charge is -2.26. The fraction of sp³-hybridized carbons (Fsp3) is 0.250. The maximum atomic E-state index is 14.0. The third-order valence-corrected chi connectivity index (χ3v) is 6.40. The maximum absolute atomic E-state index is 14.0. The zero-order chi connectivity index (χ0) is 24.7. The number of hydrogen-bond donors (Lipinski definition) is 3. The van der Waals surface area contributed by atoms with Crippen LogP contribution in [-0.2, 0) is 11.3 Å². The number of rotatable bonds is 7. The molecule has 2 aromatic heterocycles. The number of aromatic nitrogens is 2. The molecule has 4 N–H and O–H groups in total. The Morgan fingerprint density at radius 3 is 2.51 bits per heavy atom. The van der Waals surface area contributed by atoms with Gasteiger partial charge in [0.15, 0.2) is 11.6 Å². The molecule has 1 aliphatic heterocycles. The van der Waals surface area contributed by atoms with Crippen molar-refractivity contribution in [1.82, 2.24) is 9.97 Å². The first-order valence-electron chi connectivity index (χ1n) is 11.0. The van der Waals surface area contributed by atoms with Crippen LogP contribution in [0.3, 0.4) is 0 Å². The zero-order valence-corrected chi connectivity index (χ0v) is 18.4. The number of carbonyl (C=O) groups is 2. The molecule has 2 bridgehead atoms. The number of primary amides is 1. The second-order valence-electron chi connectivity index (χ2n) is 8.55. The van der Waals surface area contributed by atoms with Crippen molar-refractivity contribution in [3.05, 3.63) is 71.3 Å². The van der Waals surface area contributed by atoms with Crippen molar-refractivity contribution in [3.8, 4) is 0 Å². The molecule has 2 atom stereocenters. The van der Waals surface area contributed by atoms with Crippen LogP contribution < -0.4 is 21.3 Å². The summed E-state index contributed by atoms with van der Waals surface area (Å²) in [5.41, 5.74) is 5.73. The van der Waals surface area contributed by atoms with E-state index in [1.807, 2.05) is 0 Å². The number of pyridine rings is 2. The number of halogens is 3. The van der Waals surface area contributed by atoms with E-state index in [0.717, 1.165) is 31.0 Å². The summed E-state index contributed by atoms with van der Waals surface area (Å²) in [6.07, 6.45) is 5.63. The van der Waals surface area contributed by atoms with Gasteiger partial charge < -0.3 is 21.3 Å². The summed E-state index contributed by atoms with van der Waals surface area (Å²) in [7, 11) is 0. The molecule has 1 saturated carbocycles. The molecule has 2 amide bonds. The standard InChI is InChI=1S/C24H21F3N6O2/c25-17-4-5-18(26)22(27)15(17)10-29-19-8-21(31-11-16(19)23(28)34)32-20-6-3-14(9-30-20)33-13-2-1-12(7-13)24(33)35/h3-6,8-9,11-13H,1-2,7,10H2,(H2,28,34)(H2,29,30,31,32)/t12-,13+/m1/s1. The predicted octanol–water partition coefficient (Wildman–Crippen LogP) is 3.86. The van der Waals surface area contributed by atoms with Gasteiger partial charge in [-0.15, -0.1) is 0 Å². The van der Waals surface area contributed by atoms with Crippen LogP contribution >= 0.6 is 0 Å². The summed E-state index contributed by atoms with van der Waals surface area (Å²) in [4.78, 5) is 34.6. The van der Waals surface area contributed by atoms with Gasteiger partial charge in [0.25, 0.3) is 5.91 Å². The van der Waals surface area contributed by atoms with E-state index in [9.17, 15) is 22.8 Å². The number of amides is 2. The zero-order valence-electron chi connectivity index (χ0n) is 18.4. The molecule has 11 heteroatoms. The lowest BCUT2D eigenvalue weighted by molar-refractivity contribution is -0.121. The monoisotopic (exact) mass is 482 g/mol. The Bertz CT molecular complexity index is 1320. The molecule has 0 spiro atoms. The molecular formula is C24H21F3N6O2. The van der Waals surface area contributed by atoms with Crippen molar-refractivity contribution in [1.29, 1.82) is 0 Å². The van der Waals surface area contributed by atoms with Crippen LogP contribution in [-0.4, -0.2) is 27.8 Å². The van der Waals surface area contributed by atoms with Gasteiger partial charge in [0.1, 0.15) is 17.5 Å². The molecule has 180 valence electrons. The number of piperidine rings is 1. The van der Waals surface area contributed by atoms with Gasteiger partial charge in [0.05, 0.1) is 23.1 Å². The molecule has 2 fully saturated rings. The number of fused-ring (bicyclic) bond motifs is 2. The number of anilines is 4. The Morgan fingerprint density at radius 1 is 1.06 bits per heavy atom. The second-order valence-corrected chi connectivity index (χ2v) is 8.55. The highest BCUT2D eigenvalue weighted by atomic mass is 19.2. The average molecular weight is 482 g/mol. The number of carbonyl (C=O) groups excluding carboxylic acids is 2. The van der Waals surface area contributed by atoms with Crippen molar-refractivity contribution in [2.24, 2.45) is 11.7 Å². The fourth-order valence-electron chi connectivity index (χ4n) is 4.65. The third kappa shape index (κ3) is 4.25. The van der Waals surface area contributed by atoms with Crippen LogP contribution in [0.1, 0.15) is 35.2 Å². The van der Waals surface area contributed by atoms with Gasteiger partial charge in [-0.25, -0.2) is 23.1 Å². The fourth-order valence-corrected chi connectivity index (χ4v) is 4.65. The second kappa shape index (κ2) is 8.90. The minimum atomic E-state index is -1.32. The Kier molecular flexibility index (Phi) is 5.75. The largest absolute Gasteiger partial charge is 0.380 e. The van der Waals surface area contributed by atoms with Crippen molar-refractivity contribution in [3.63, 3.8) is 0 Å². The average Bonchev–Trinajstić information content (AvgIpc) is 3.44. The molecule has 8 nitrogen and oxygen atoms in total. The number of nitrogens with one attached hydrogen (secondary N) is 2. The van der Waals surface area contributed by atoms with Crippen LogP contribution in [0.25, 0.3) is 0 Å². The summed E-state index contributed by atoms with van der Waals surface area (Å²) < 4.78 is 41.5. The lowest BCUT2D eigenvalue weighted by Crippen LogP contribution is -2.36. The number of nitrogens with two attached hydrogens (primary N) is 1. The molecule has 3 aromatic rings. The van der Waals surface area contributed by atoms with Crippen LogP contribution in [0.15, 0.2) is 42.7 Å². The highest BCUT2D eigenvalue weighted by molar-refractivity contribution is 5.99. The summed E-state index contributed by atoms with van der Waals surface area (Å²) in [5, 5.41) is 5.70. The van der Waals surface area contributed by atoms with Gasteiger partial charge in [-0.2, -0.15) is 0 Å². The van der Waals surface area contributed by atoms with E-state index in [1.165, 1.54) is 12.3 Å². The first-order valence-corrected chi connectivity index (χ1v) is 11.0. The molecule has 0 radical (unpaired) electrons. The molecular weight excluding hydrogens is 461 g/mol. The molecule has 35 heavy (non-hydrogen) atoms. The van der Waals surface area contributed by atoms with E-state index in [0.29, 0.717) is 11.9 Å². The van der Waals surface area contributed by atoms with E-state index in [4.69, 9.17) is 5.73 Å². The van der Waals surface area contributed by atoms with Gasteiger partial charge in [0, 0.05) is 36.3 Å². The van der Waals surface area contributed by atoms with Gasteiger partial charge in [-0.05, 0) is 43.5 Å². The molecule has 3 heterocycles. The maximum Gasteiger partial charge on any atom is 0.252 e. The van der Waals surface area contributed by atoms with Crippen molar-refractivity contribution in [2.75, 3.05) is 15.5 Å². The van der Waals surface area contributed by atoms with E-state index in [2.05, 4.69) is 20.6 Å². The predicted molar refractivity (Wildman–Crippen MR) is 123 cm³/mol. The minimum absolute atomic E-state index is 0.0151. The van der Waals surface area contributed by atoms with Gasteiger partial charge in [-0.3, -0.25) is 9.59 Å². The number of hydrogen-bond acceptors (Lipinski definition) is 6. The van der Waals surface area contributed by atoms with Gasteiger partial charge in [0.2, 0.25) is 5.91 Å². The van der Waals surface area contributed by atoms with Crippen LogP contribution in [0.5, 0.6) is 0 Å². The first-order chi connectivity index (χ1) is 16.8. The Hall–Kier alpha value is -4.15. The molecule has 1 aliphatic carbocycles. The molecule has 1 aromatic carbocycles. The number of nitrogens with zero attached hydrogens (tertiary/aromatic N) is 3. The van der Waals surface area contributed by atoms with Gasteiger partial charge >= 0.3 is 0 Å². The SMILES string of the molecule is NC(=O)c1cnc(Nc2ccc(N3C(=O)[C@@H]4CC[C@H]3C4)cn2)cc1NCc1c(F)ccc(F)c1F. The molecule has 0 unspecified atom stereocenters. The summed E-state index contributed by atoms with van der Waals surface area (Å²) in [5.74, 6) is -3.31. The van der Waals surface area contributed by atoms with Crippen molar-refractivity contribution >= 4 is 34.8 Å². The summed E-state index contributed by atoms with van der Waals surface area (Å²) in [6.45, 7) is -0.432. The van der Waals surface area contributed by atoms with Crippen molar-refractivity contribution < 1.29 is 22.8 Å². The highest BCUT2D eigenvalue weighted by Crippen LogP contribution is 2.41. The Morgan fingerprint density at radius 2 is 1.83 bits per heavy atom. The molecule has 1 saturated heterocycles. The Labute approximate surface area is 198 Å². The summed E-state index contributed by atoms with van der Waals surface area (Å²) >= 11 is 0.